The lowest BCUT2D eigenvalue weighted by molar-refractivity contribution is 0.0696. The summed E-state index contributed by atoms with van der Waals surface area (Å²) in [6, 6.07) is 10.6. The van der Waals surface area contributed by atoms with Crippen LogP contribution in [-0.4, -0.2) is 29.0 Å². The molecule has 0 bridgehead atoms. The number of rotatable bonds is 7. The van der Waals surface area contributed by atoms with Crippen LogP contribution in [0.3, 0.4) is 0 Å². The van der Waals surface area contributed by atoms with Crippen LogP contribution in [0.4, 0.5) is 0 Å². The number of hydrogen-bond acceptors (Lipinski definition) is 3. The van der Waals surface area contributed by atoms with Gasteiger partial charge < -0.3 is 14.4 Å². The maximum atomic E-state index is 11.2. The smallest absolute Gasteiger partial charge is 0.335 e. The minimum Gasteiger partial charge on any atom is -0.496 e. The highest BCUT2D eigenvalue weighted by atomic mass is 16.5. The van der Waals surface area contributed by atoms with Crippen molar-refractivity contribution >= 4 is 23.2 Å². The Morgan fingerprint density at radius 1 is 1.19 bits per heavy atom. The van der Waals surface area contributed by atoms with Crippen LogP contribution in [0.15, 0.2) is 42.6 Å². The Kier molecular flexibility index (Phi) is 5.07. The minimum absolute atomic E-state index is 0.192. The molecule has 134 valence electrons. The Morgan fingerprint density at radius 2 is 2.00 bits per heavy atom. The van der Waals surface area contributed by atoms with Gasteiger partial charge in [-0.2, -0.15) is 0 Å². The molecule has 0 spiro atoms. The summed E-state index contributed by atoms with van der Waals surface area (Å²) < 4.78 is 7.48. The summed E-state index contributed by atoms with van der Waals surface area (Å²) in [5.41, 5.74) is 3.93. The van der Waals surface area contributed by atoms with Gasteiger partial charge in [0.2, 0.25) is 0 Å². The second-order valence-corrected chi connectivity index (χ2v) is 6.26. The van der Waals surface area contributed by atoms with E-state index in [9.17, 15) is 9.59 Å². The molecule has 5 nitrogen and oxygen atoms in total. The lowest BCUT2D eigenvalue weighted by atomic mass is 10.1. The molecule has 1 heterocycles. The fourth-order valence-electron chi connectivity index (χ4n) is 3.25. The molecule has 0 fully saturated rings. The van der Waals surface area contributed by atoms with Crippen LogP contribution in [0.2, 0.25) is 0 Å². The van der Waals surface area contributed by atoms with E-state index in [-0.39, 0.29) is 5.56 Å². The summed E-state index contributed by atoms with van der Waals surface area (Å²) in [6.07, 6.45) is 4.94. The van der Waals surface area contributed by atoms with Crippen molar-refractivity contribution in [3.05, 3.63) is 64.8 Å². The summed E-state index contributed by atoms with van der Waals surface area (Å²) >= 11 is 0. The third-order valence-electron chi connectivity index (χ3n) is 4.52. The van der Waals surface area contributed by atoms with Gasteiger partial charge in [0.25, 0.3) is 0 Å². The minimum atomic E-state index is -0.984. The van der Waals surface area contributed by atoms with E-state index in [0.717, 1.165) is 35.6 Å². The van der Waals surface area contributed by atoms with E-state index >= 15 is 0 Å². The van der Waals surface area contributed by atoms with E-state index in [1.54, 1.807) is 12.1 Å². The molecule has 26 heavy (non-hydrogen) atoms. The zero-order valence-electron chi connectivity index (χ0n) is 14.9. The highest BCUT2D eigenvalue weighted by Gasteiger charge is 2.13. The molecule has 5 heteroatoms. The van der Waals surface area contributed by atoms with Crippen LogP contribution in [0, 0.1) is 0 Å². The molecule has 1 aromatic heterocycles. The molecule has 0 saturated carbocycles. The molecule has 0 atom stereocenters. The summed E-state index contributed by atoms with van der Waals surface area (Å²) in [7, 11) is 1.53. The zero-order valence-corrected chi connectivity index (χ0v) is 14.9. The number of methoxy groups -OCH3 is 1. The van der Waals surface area contributed by atoms with Gasteiger partial charge in [0.15, 0.2) is 0 Å². The molecule has 0 amide bonds. The molecule has 0 unspecified atom stereocenters. The predicted octanol–water partition coefficient (Wildman–Crippen LogP) is 4.16. The quantitative estimate of drug-likeness (QED) is 0.649. The number of benzene rings is 2. The van der Waals surface area contributed by atoms with E-state index in [0.29, 0.717) is 17.9 Å². The van der Waals surface area contributed by atoms with Crippen molar-refractivity contribution in [3.63, 3.8) is 0 Å². The zero-order chi connectivity index (χ0) is 18.7. The highest BCUT2D eigenvalue weighted by molar-refractivity contribution is 5.90. The van der Waals surface area contributed by atoms with Crippen LogP contribution in [0.1, 0.15) is 45.2 Å². The second-order valence-electron chi connectivity index (χ2n) is 6.26. The maximum Gasteiger partial charge on any atom is 0.335 e. The first-order chi connectivity index (χ1) is 12.6. The second kappa shape index (κ2) is 7.44. The van der Waals surface area contributed by atoms with Crippen molar-refractivity contribution in [1.29, 1.82) is 0 Å². The Bertz CT molecular complexity index is 972. The van der Waals surface area contributed by atoms with Crippen LogP contribution in [-0.2, 0) is 13.0 Å². The maximum absolute atomic E-state index is 11.2. The number of hydrogen-bond donors (Lipinski definition) is 1. The van der Waals surface area contributed by atoms with Crippen molar-refractivity contribution < 1.29 is 19.4 Å². The van der Waals surface area contributed by atoms with Crippen LogP contribution in [0.5, 0.6) is 5.75 Å². The van der Waals surface area contributed by atoms with E-state index in [1.807, 2.05) is 18.2 Å². The molecular weight excluding hydrogens is 330 g/mol. The van der Waals surface area contributed by atoms with Crippen molar-refractivity contribution in [1.82, 2.24) is 4.57 Å². The SMILES string of the molecule is CCCc1cn(Cc2ccc(C(=O)O)cc2OC)c2cc(C=O)ccc12. The summed E-state index contributed by atoms with van der Waals surface area (Å²) in [6.45, 7) is 2.67. The van der Waals surface area contributed by atoms with Crippen LogP contribution in [0.25, 0.3) is 10.9 Å². The van der Waals surface area contributed by atoms with Crippen molar-refractivity contribution in [2.45, 2.75) is 26.3 Å². The third kappa shape index (κ3) is 3.33. The van der Waals surface area contributed by atoms with Crippen LogP contribution >= 0.6 is 0 Å². The van der Waals surface area contributed by atoms with Gasteiger partial charge in [-0.3, -0.25) is 4.79 Å². The molecular formula is C21H21NO4. The first-order valence-corrected chi connectivity index (χ1v) is 8.54. The molecule has 2 aromatic carbocycles. The summed E-state index contributed by atoms with van der Waals surface area (Å²) in [5, 5.41) is 10.3. The molecule has 3 aromatic rings. The number of fused-ring (bicyclic) bond motifs is 1. The predicted molar refractivity (Wildman–Crippen MR) is 100 cm³/mol. The lowest BCUT2D eigenvalue weighted by Gasteiger charge is -2.11. The fourth-order valence-corrected chi connectivity index (χ4v) is 3.25. The van der Waals surface area contributed by atoms with Crippen LogP contribution < -0.4 is 4.74 Å². The number of carbonyl (C=O) groups excluding carboxylic acids is 1. The Hall–Kier alpha value is -3.08. The molecule has 0 aliphatic carbocycles. The van der Waals surface area contributed by atoms with Crippen molar-refractivity contribution in [2.75, 3.05) is 7.11 Å². The van der Waals surface area contributed by atoms with Gasteiger partial charge in [-0.05, 0) is 30.2 Å². The van der Waals surface area contributed by atoms with Crippen molar-refractivity contribution in [2.24, 2.45) is 0 Å². The van der Waals surface area contributed by atoms with Crippen molar-refractivity contribution in [3.8, 4) is 5.75 Å². The lowest BCUT2D eigenvalue weighted by Crippen LogP contribution is -2.03. The number of ether oxygens (including phenoxy) is 1. The van der Waals surface area contributed by atoms with Gasteiger partial charge in [0.05, 0.1) is 19.2 Å². The van der Waals surface area contributed by atoms with E-state index in [1.165, 1.54) is 18.7 Å². The molecule has 3 rings (SSSR count). The molecule has 0 radical (unpaired) electrons. The summed E-state index contributed by atoms with van der Waals surface area (Å²) in [4.78, 5) is 22.3. The molecule has 0 aliphatic heterocycles. The Balaban J connectivity index is 2.08. The van der Waals surface area contributed by atoms with Gasteiger partial charge in [0, 0.05) is 28.2 Å². The largest absolute Gasteiger partial charge is 0.496 e. The first-order valence-electron chi connectivity index (χ1n) is 8.54. The van der Waals surface area contributed by atoms with Gasteiger partial charge in [0.1, 0.15) is 12.0 Å². The number of carboxylic acids is 1. The number of aromatic nitrogens is 1. The average Bonchev–Trinajstić information content (AvgIpc) is 2.99. The number of aromatic carboxylic acids is 1. The number of nitrogens with zero attached hydrogens (tertiary/aromatic N) is 1. The first kappa shape index (κ1) is 17.7. The van der Waals surface area contributed by atoms with E-state index in [2.05, 4.69) is 17.7 Å². The van der Waals surface area contributed by atoms with Gasteiger partial charge in [-0.25, -0.2) is 4.79 Å². The fraction of sp³-hybridized carbons (Fsp3) is 0.238. The van der Waals surface area contributed by atoms with Gasteiger partial charge in [-0.15, -0.1) is 0 Å². The summed E-state index contributed by atoms with van der Waals surface area (Å²) in [5.74, 6) is -0.447. The highest BCUT2D eigenvalue weighted by Crippen LogP contribution is 2.27. The number of aldehydes is 1. The number of aryl methyl sites for hydroxylation is 1. The number of carboxylic acid groups (broad SMARTS) is 1. The molecule has 1 N–H and O–H groups in total. The van der Waals surface area contributed by atoms with E-state index < -0.39 is 5.97 Å². The van der Waals surface area contributed by atoms with E-state index in [4.69, 9.17) is 9.84 Å². The number of carbonyl (C=O) groups is 2. The van der Waals surface area contributed by atoms with Gasteiger partial charge in [-0.1, -0.05) is 31.5 Å². The molecule has 0 aliphatic rings. The third-order valence-corrected chi connectivity index (χ3v) is 4.52. The molecule has 0 saturated heterocycles. The Labute approximate surface area is 151 Å². The monoisotopic (exact) mass is 351 g/mol. The standard InChI is InChI=1S/C21H21NO4/c1-3-4-16-11-22(19-9-14(13-23)5-8-18(16)19)12-17-7-6-15(21(24)25)10-20(17)26-2/h5-11,13H,3-4,12H2,1-2H3,(H,24,25). The average molecular weight is 351 g/mol. The van der Waals surface area contributed by atoms with Gasteiger partial charge >= 0.3 is 5.97 Å². The Morgan fingerprint density at radius 3 is 2.65 bits per heavy atom. The topological polar surface area (TPSA) is 68.5 Å². The normalized spacial score (nSPS) is 10.8.